The predicted molar refractivity (Wildman–Crippen MR) is 109 cm³/mol. The maximum absolute atomic E-state index is 12.6. The second kappa shape index (κ2) is 8.43. The van der Waals surface area contributed by atoms with Crippen molar-refractivity contribution in [2.45, 2.75) is 6.92 Å². The molecule has 0 unspecified atom stereocenters. The van der Waals surface area contributed by atoms with E-state index in [1.54, 1.807) is 0 Å². The lowest BCUT2D eigenvalue weighted by atomic mass is 10.2. The Morgan fingerprint density at radius 1 is 1.00 bits per heavy atom. The van der Waals surface area contributed by atoms with Gasteiger partial charge in [-0.05, 0) is 24.6 Å². The number of ether oxygens (including phenoxy) is 1. The van der Waals surface area contributed by atoms with Crippen LogP contribution in [0.1, 0.15) is 5.56 Å². The first-order chi connectivity index (χ1) is 13.7. The number of urea groups is 1. The molecule has 2 aliphatic heterocycles. The number of hydrogen-bond donors (Lipinski definition) is 1. The van der Waals surface area contributed by atoms with Crippen LogP contribution in [0, 0.1) is 6.92 Å². The summed E-state index contributed by atoms with van der Waals surface area (Å²) in [6.45, 7) is 7.87. The number of piperazine rings is 1. The third kappa shape index (κ3) is 4.17. The van der Waals surface area contributed by atoms with Crippen LogP contribution in [0.3, 0.4) is 0 Å². The number of para-hydroxylation sites is 1. The second-order valence-electron chi connectivity index (χ2n) is 7.03. The molecule has 28 heavy (non-hydrogen) atoms. The molecule has 0 bridgehead atoms. The summed E-state index contributed by atoms with van der Waals surface area (Å²) in [5.74, 6) is 1.66. The third-order valence-corrected chi connectivity index (χ3v) is 5.20. The van der Waals surface area contributed by atoms with Crippen molar-refractivity contribution in [3.8, 4) is 0 Å². The molecule has 1 N–H and O–H groups in total. The number of nitrogens with zero attached hydrogens (tertiary/aromatic N) is 5. The number of aromatic nitrogens is 2. The largest absolute Gasteiger partial charge is 0.378 e. The Bertz CT molecular complexity index is 816. The number of hydrogen-bond acceptors (Lipinski definition) is 6. The van der Waals surface area contributed by atoms with Crippen molar-refractivity contribution in [3.05, 3.63) is 42.1 Å². The van der Waals surface area contributed by atoms with E-state index >= 15 is 0 Å². The molecule has 1 aromatic heterocycles. The SMILES string of the molecule is Cc1ccccc1NC(=O)N1CCN(c2ccnc(N3CCOCC3)n2)CC1. The molecule has 0 radical (unpaired) electrons. The van der Waals surface area contributed by atoms with Gasteiger partial charge in [0.25, 0.3) is 0 Å². The average Bonchev–Trinajstić information content (AvgIpc) is 2.76. The van der Waals surface area contributed by atoms with Gasteiger partial charge in [-0.15, -0.1) is 0 Å². The summed E-state index contributed by atoms with van der Waals surface area (Å²) in [4.78, 5) is 27.9. The van der Waals surface area contributed by atoms with Gasteiger partial charge in [-0.3, -0.25) is 0 Å². The van der Waals surface area contributed by atoms with Gasteiger partial charge in [-0.1, -0.05) is 18.2 Å². The Labute approximate surface area is 165 Å². The summed E-state index contributed by atoms with van der Waals surface area (Å²) in [7, 11) is 0. The molecular weight excluding hydrogens is 356 g/mol. The van der Waals surface area contributed by atoms with Crippen LogP contribution < -0.4 is 15.1 Å². The minimum atomic E-state index is -0.0503. The van der Waals surface area contributed by atoms with Crippen LogP contribution >= 0.6 is 0 Å². The van der Waals surface area contributed by atoms with Gasteiger partial charge in [-0.2, -0.15) is 4.98 Å². The first-order valence-corrected chi connectivity index (χ1v) is 9.73. The Kier molecular flexibility index (Phi) is 5.57. The summed E-state index contributed by atoms with van der Waals surface area (Å²) in [5, 5.41) is 3.01. The number of nitrogens with one attached hydrogen (secondary N) is 1. The van der Waals surface area contributed by atoms with Gasteiger partial charge < -0.3 is 24.8 Å². The Morgan fingerprint density at radius 2 is 1.75 bits per heavy atom. The first-order valence-electron chi connectivity index (χ1n) is 9.73. The molecule has 8 nitrogen and oxygen atoms in total. The highest BCUT2D eigenvalue weighted by molar-refractivity contribution is 5.90. The molecule has 8 heteroatoms. The van der Waals surface area contributed by atoms with Crippen LogP contribution in [0.5, 0.6) is 0 Å². The molecule has 2 fully saturated rings. The minimum absolute atomic E-state index is 0.0503. The number of rotatable bonds is 3. The molecule has 0 atom stereocenters. The van der Waals surface area contributed by atoms with Gasteiger partial charge in [0.15, 0.2) is 0 Å². The summed E-state index contributed by atoms with van der Waals surface area (Å²) >= 11 is 0. The maximum Gasteiger partial charge on any atom is 0.321 e. The summed E-state index contributed by atoms with van der Waals surface area (Å²) < 4.78 is 5.40. The standard InChI is InChI=1S/C20H26N6O2/c1-16-4-2-3-5-17(16)22-20(27)26-10-8-24(9-11-26)18-6-7-21-19(23-18)25-12-14-28-15-13-25/h2-7H,8-15H2,1H3,(H,22,27). The smallest absolute Gasteiger partial charge is 0.321 e. The number of benzene rings is 1. The van der Waals surface area contributed by atoms with Crippen molar-refractivity contribution in [3.63, 3.8) is 0 Å². The molecule has 2 saturated heterocycles. The van der Waals surface area contributed by atoms with Gasteiger partial charge in [0.05, 0.1) is 13.2 Å². The molecule has 2 aliphatic rings. The lowest BCUT2D eigenvalue weighted by Gasteiger charge is -2.36. The predicted octanol–water partition coefficient (Wildman–Crippen LogP) is 1.98. The average molecular weight is 382 g/mol. The molecule has 148 valence electrons. The van der Waals surface area contributed by atoms with Crippen LogP contribution in [-0.4, -0.2) is 73.4 Å². The van der Waals surface area contributed by atoms with E-state index < -0.39 is 0 Å². The van der Waals surface area contributed by atoms with Gasteiger partial charge in [0.2, 0.25) is 5.95 Å². The van der Waals surface area contributed by atoms with Gasteiger partial charge in [0, 0.05) is 51.2 Å². The van der Waals surface area contributed by atoms with E-state index in [1.165, 1.54) is 0 Å². The highest BCUT2D eigenvalue weighted by Crippen LogP contribution is 2.19. The first kappa shape index (κ1) is 18.5. The minimum Gasteiger partial charge on any atom is -0.378 e. The number of carbonyl (C=O) groups is 1. The van der Waals surface area contributed by atoms with Crippen molar-refractivity contribution in [2.75, 3.05) is 67.6 Å². The fourth-order valence-corrected chi connectivity index (χ4v) is 3.48. The van der Waals surface area contributed by atoms with E-state index in [0.29, 0.717) is 26.3 Å². The molecule has 1 aromatic carbocycles. The van der Waals surface area contributed by atoms with Crippen molar-refractivity contribution >= 4 is 23.5 Å². The van der Waals surface area contributed by atoms with Crippen LogP contribution in [0.15, 0.2) is 36.5 Å². The third-order valence-electron chi connectivity index (χ3n) is 5.20. The number of anilines is 3. The van der Waals surface area contributed by atoms with Crippen molar-refractivity contribution in [1.29, 1.82) is 0 Å². The van der Waals surface area contributed by atoms with E-state index in [0.717, 1.165) is 49.2 Å². The zero-order valence-electron chi connectivity index (χ0n) is 16.2. The van der Waals surface area contributed by atoms with Crippen molar-refractivity contribution in [1.82, 2.24) is 14.9 Å². The highest BCUT2D eigenvalue weighted by Gasteiger charge is 2.23. The highest BCUT2D eigenvalue weighted by atomic mass is 16.5. The van der Waals surface area contributed by atoms with Gasteiger partial charge in [-0.25, -0.2) is 9.78 Å². The Morgan fingerprint density at radius 3 is 2.50 bits per heavy atom. The van der Waals surface area contributed by atoms with Crippen LogP contribution in [0.2, 0.25) is 0 Å². The zero-order chi connectivity index (χ0) is 19.3. The zero-order valence-corrected chi connectivity index (χ0v) is 16.2. The van der Waals surface area contributed by atoms with E-state index in [1.807, 2.05) is 48.4 Å². The maximum atomic E-state index is 12.6. The quantitative estimate of drug-likeness (QED) is 0.875. The lowest BCUT2D eigenvalue weighted by molar-refractivity contribution is 0.122. The van der Waals surface area contributed by atoms with Crippen LogP contribution in [0.4, 0.5) is 22.2 Å². The summed E-state index contributed by atoms with van der Waals surface area (Å²) in [6, 6.07) is 9.71. The number of carbonyl (C=O) groups excluding carboxylic acids is 1. The van der Waals surface area contributed by atoms with Crippen LogP contribution in [0.25, 0.3) is 0 Å². The molecule has 2 amide bonds. The molecule has 0 saturated carbocycles. The van der Waals surface area contributed by atoms with Crippen molar-refractivity contribution < 1.29 is 9.53 Å². The van der Waals surface area contributed by atoms with Crippen molar-refractivity contribution in [2.24, 2.45) is 0 Å². The lowest BCUT2D eigenvalue weighted by Crippen LogP contribution is -2.50. The van der Waals surface area contributed by atoms with Gasteiger partial charge in [0.1, 0.15) is 5.82 Å². The summed E-state index contributed by atoms with van der Waals surface area (Å²) in [5.41, 5.74) is 1.92. The molecule has 4 rings (SSSR count). The molecular formula is C20H26N6O2. The molecule has 3 heterocycles. The van der Waals surface area contributed by atoms with E-state index in [2.05, 4.69) is 20.1 Å². The second-order valence-corrected chi connectivity index (χ2v) is 7.03. The number of amides is 2. The fourth-order valence-electron chi connectivity index (χ4n) is 3.48. The molecule has 0 aliphatic carbocycles. The van der Waals surface area contributed by atoms with E-state index in [4.69, 9.17) is 9.72 Å². The summed E-state index contributed by atoms with van der Waals surface area (Å²) in [6.07, 6.45) is 1.81. The topological polar surface area (TPSA) is 73.8 Å². The Hall–Kier alpha value is -2.87. The fraction of sp³-hybridized carbons (Fsp3) is 0.450. The number of aryl methyl sites for hydroxylation is 1. The van der Waals surface area contributed by atoms with Gasteiger partial charge >= 0.3 is 6.03 Å². The normalized spacial score (nSPS) is 17.5. The molecule has 2 aromatic rings. The van der Waals surface area contributed by atoms with E-state index in [-0.39, 0.29) is 6.03 Å². The van der Waals surface area contributed by atoms with E-state index in [9.17, 15) is 4.79 Å². The number of morpholine rings is 1. The monoisotopic (exact) mass is 382 g/mol. The Balaban J connectivity index is 1.35. The van der Waals surface area contributed by atoms with Crippen LogP contribution in [-0.2, 0) is 4.74 Å². The molecule has 0 spiro atoms.